The first kappa shape index (κ1) is 24.6. The Bertz CT molecular complexity index is 1310. The Balaban J connectivity index is 1.60. The third-order valence-electron chi connectivity index (χ3n) is 5.37. The van der Waals surface area contributed by atoms with Crippen LogP contribution in [0.15, 0.2) is 90.0 Å². The minimum Gasteiger partial charge on any atom is -0.497 e. The number of pyridine rings is 1. The van der Waals surface area contributed by atoms with Gasteiger partial charge in [-0.3, -0.25) is 0 Å². The summed E-state index contributed by atoms with van der Waals surface area (Å²) in [6, 6.07) is 29.1. The maximum absolute atomic E-state index is 10.6. The zero-order valence-corrected chi connectivity index (χ0v) is 20.7. The average molecular weight is 502 g/mol. The second-order valence-corrected chi connectivity index (χ2v) is 9.24. The molecule has 0 saturated heterocycles. The van der Waals surface area contributed by atoms with Gasteiger partial charge >= 0.3 is 0 Å². The molecule has 176 valence electrons. The number of nitrogens with zero attached hydrogens (tertiary/aromatic N) is 2. The predicted octanol–water partition coefficient (Wildman–Crippen LogP) is 6.51. The molecule has 0 aliphatic rings. The van der Waals surface area contributed by atoms with Gasteiger partial charge in [0.15, 0.2) is 0 Å². The van der Waals surface area contributed by atoms with E-state index < -0.39 is 6.10 Å². The number of aliphatic hydroxyl groups is 1. The number of thioether (sulfide) groups is 1. The van der Waals surface area contributed by atoms with Gasteiger partial charge in [0.1, 0.15) is 16.8 Å². The van der Waals surface area contributed by atoms with E-state index in [2.05, 4.69) is 11.4 Å². The molecule has 0 aliphatic heterocycles. The van der Waals surface area contributed by atoms with E-state index in [9.17, 15) is 10.4 Å². The number of nitrogens with one attached hydrogen (secondary N) is 1. The fraction of sp³-hybridized carbons (Fsp3) is 0.143. The van der Waals surface area contributed by atoms with Crippen molar-refractivity contribution < 1.29 is 9.84 Å². The van der Waals surface area contributed by atoms with Gasteiger partial charge in [0.05, 0.1) is 24.5 Å². The van der Waals surface area contributed by atoms with Crippen LogP contribution in [0, 0.1) is 11.3 Å². The van der Waals surface area contributed by atoms with Gasteiger partial charge in [-0.2, -0.15) is 5.26 Å². The average Bonchev–Trinajstić information content (AvgIpc) is 2.91. The lowest BCUT2D eigenvalue weighted by atomic mass is 9.99. The number of rotatable bonds is 9. The van der Waals surface area contributed by atoms with Crippen molar-refractivity contribution in [3.05, 3.63) is 95.5 Å². The molecular weight excluding hydrogens is 478 g/mol. The number of methoxy groups -OCH3 is 1. The quantitative estimate of drug-likeness (QED) is 0.254. The van der Waals surface area contributed by atoms with Gasteiger partial charge < -0.3 is 15.2 Å². The molecule has 1 atom stereocenters. The highest BCUT2D eigenvalue weighted by Gasteiger charge is 2.17. The molecule has 35 heavy (non-hydrogen) atoms. The van der Waals surface area contributed by atoms with E-state index in [4.69, 9.17) is 21.3 Å². The van der Waals surface area contributed by atoms with Crippen molar-refractivity contribution in [1.29, 1.82) is 5.26 Å². The van der Waals surface area contributed by atoms with Crippen molar-refractivity contribution in [2.24, 2.45) is 0 Å². The number of ether oxygens (including phenoxy) is 1. The number of benzene rings is 3. The number of aromatic nitrogens is 1. The molecule has 0 radical (unpaired) electrons. The van der Waals surface area contributed by atoms with Crippen LogP contribution in [0.2, 0.25) is 5.02 Å². The van der Waals surface area contributed by atoms with Gasteiger partial charge in [0.25, 0.3) is 0 Å². The van der Waals surface area contributed by atoms with Crippen LogP contribution in [-0.4, -0.2) is 35.6 Å². The van der Waals surface area contributed by atoms with Crippen LogP contribution in [0.4, 0.5) is 5.69 Å². The number of halogens is 1. The van der Waals surface area contributed by atoms with Crippen LogP contribution >= 0.6 is 23.4 Å². The highest BCUT2D eigenvalue weighted by molar-refractivity contribution is 7.99. The molecule has 1 aromatic heterocycles. The van der Waals surface area contributed by atoms with Crippen molar-refractivity contribution >= 4 is 29.1 Å². The van der Waals surface area contributed by atoms with E-state index in [1.54, 1.807) is 19.2 Å². The number of hydrogen-bond acceptors (Lipinski definition) is 6. The molecule has 1 heterocycles. The summed E-state index contributed by atoms with van der Waals surface area (Å²) in [4.78, 5) is 4.81. The highest BCUT2D eigenvalue weighted by Crippen LogP contribution is 2.34. The van der Waals surface area contributed by atoms with Crippen LogP contribution < -0.4 is 10.1 Å². The van der Waals surface area contributed by atoms with E-state index in [-0.39, 0.29) is 0 Å². The van der Waals surface area contributed by atoms with Gasteiger partial charge in [0, 0.05) is 34.1 Å². The summed E-state index contributed by atoms with van der Waals surface area (Å²) in [5.41, 5.74) is 4.79. The number of anilines is 1. The summed E-state index contributed by atoms with van der Waals surface area (Å²) in [6.07, 6.45) is -0.645. The number of hydrogen-bond donors (Lipinski definition) is 2. The minimum atomic E-state index is -0.645. The SMILES string of the molecule is COc1ccc(-c2cc(-c3ccccc3)c(C#N)c(SC[C@H](O)CNc3ccc(Cl)cc3)n2)cc1. The first-order valence-corrected chi connectivity index (χ1v) is 12.4. The summed E-state index contributed by atoms with van der Waals surface area (Å²) in [7, 11) is 1.63. The molecule has 3 aromatic carbocycles. The maximum Gasteiger partial charge on any atom is 0.118 e. The molecule has 2 N–H and O–H groups in total. The minimum absolute atomic E-state index is 0.361. The summed E-state index contributed by atoms with van der Waals surface area (Å²) >= 11 is 7.30. The summed E-state index contributed by atoms with van der Waals surface area (Å²) in [5.74, 6) is 1.14. The predicted molar refractivity (Wildman–Crippen MR) is 143 cm³/mol. The lowest BCUT2D eigenvalue weighted by Crippen LogP contribution is -2.22. The van der Waals surface area contributed by atoms with Gasteiger partial charge in [-0.1, -0.05) is 41.9 Å². The van der Waals surface area contributed by atoms with Crippen molar-refractivity contribution in [2.45, 2.75) is 11.1 Å². The lowest BCUT2D eigenvalue weighted by Gasteiger charge is -2.15. The topological polar surface area (TPSA) is 78.2 Å². The maximum atomic E-state index is 10.6. The lowest BCUT2D eigenvalue weighted by molar-refractivity contribution is 0.213. The van der Waals surface area contributed by atoms with Crippen molar-refractivity contribution in [3.8, 4) is 34.2 Å². The highest BCUT2D eigenvalue weighted by atomic mass is 35.5. The Labute approximate surface area is 214 Å². The monoisotopic (exact) mass is 501 g/mol. The first-order chi connectivity index (χ1) is 17.1. The fourth-order valence-corrected chi connectivity index (χ4v) is 4.58. The molecule has 0 unspecified atom stereocenters. The first-order valence-electron chi connectivity index (χ1n) is 11.0. The third kappa shape index (κ3) is 6.34. The van der Waals surface area contributed by atoms with E-state index in [0.717, 1.165) is 33.8 Å². The van der Waals surface area contributed by atoms with E-state index in [0.29, 0.717) is 27.9 Å². The van der Waals surface area contributed by atoms with Crippen LogP contribution in [0.5, 0.6) is 5.75 Å². The van der Waals surface area contributed by atoms with E-state index in [1.807, 2.05) is 72.8 Å². The third-order valence-corrected chi connectivity index (χ3v) is 6.74. The number of aliphatic hydroxyl groups excluding tert-OH is 1. The molecule has 0 bridgehead atoms. The molecule has 0 aliphatic carbocycles. The Hall–Kier alpha value is -3.50. The molecule has 4 rings (SSSR count). The fourth-order valence-electron chi connectivity index (χ4n) is 3.53. The van der Waals surface area contributed by atoms with Gasteiger partial charge in [-0.25, -0.2) is 4.98 Å². The Morgan fingerprint density at radius 3 is 2.40 bits per heavy atom. The van der Waals surface area contributed by atoms with Crippen molar-refractivity contribution in [2.75, 3.05) is 24.7 Å². The number of nitriles is 1. The zero-order valence-electron chi connectivity index (χ0n) is 19.1. The molecular formula is C28H24ClN3O2S. The summed E-state index contributed by atoms with van der Waals surface area (Å²) in [6.45, 7) is 0.361. The molecule has 5 nitrogen and oxygen atoms in total. The van der Waals surface area contributed by atoms with Crippen molar-refractivity contribution in [3.63, 3.8) is 0 Å². The van der Waals surface area contributed by atoms with Gasteiger partial charge in [0.2, 0.25) is 0 Å². The zero-order chi connectivity index (χ0) is 24.6. The van der Waals surface area contributed by atoms with E-state index in [1.165, 1.54) is 11.8 Å². The van der Waals surface area contributed by atoms with Gasteiger partial charge in [-0.05, 0) is 60.2 Å². The molecule has 7 heteroatoms. The standard InChI is InChI=1S/C28H24ClN3O2S/c1-34-24-13-7-20(8-14-24)27-15-25(19-5-3-2-4-6-19)26(16-30)28(32-27)35-18-23(33)17-31-22-11-9-21(29)10-12-22/h2-15,23,31,33H,17-18H2,1H3/t23-/m1/s1. The molecule has 0 saturated carbocycles. The Morgan fingerprint density at radius 2 is 1.74 bits per heavy atom. The molecule has 0 amide bonds. The Kier molecular flexibility index (Phi) is 8.27. The summed E-state index contributed by atoms with van der Waals surface area (Å²) < 4.78 is 5.28. The second-order valence-electron chi connectivity index (χ2n) is 7.79. The van der Waals surface area contributed by atoms with Crippen LogP contribution in [0.25, 0.3) is 22.4 Å². The molecule has 4 aromatic rings. The Morgan fingerprint density at radius 1 is 1.03 bits per heavy atom. The second kappa shape index (κ2) is 11.8. The van der Waals surface area contributed by atoms with E-state index >= 15 is 0 Å². The molecule has 0 fully saturated rings. The van der Waals surface area contributed by atoms with Crippen LogP contribution in [0.1, 0.15) is 5.56 Å². The largest absolute Gasteiger partial charge is 0.497 e. The molecule has 0 spiro atoms. The van der Waals surface area contributed by atoms with Crippen molar-refractivity contribution in [1.82, 2.24) is 4.98 Å². The van der Waals surface area contributed by atoms with Crippen LogP contribution in [0.3, 0.4) is 0 Å². The normalized spacial score (nSPS) is 11.5. The summed E-state index contributed by atoms with van der Waals surface area (Å²) in [5, 5.41) is 25.1. The van der Waals surface area contributed by atoms with Gasteiger partial charge in [-0.15, -0.1) is 11.8 Å². The van der Waals surface area contributed by atoms with Crippen LogP contribution in [-0.2, 0) is 0 Å². The smallest absolute Gasteiger partial charge is 0.118 e.